The molecule has 1 rings (SSSR count). The molecule has 0 aromatic heterocycles. The lowest BCUT2D eigenvalue weighted by atomic mass is 10.3. The van der Waals surface area contributed by atoms with Gasteiger partial charge >= 0.3 is 0 Å². The fraction of sp³-hybridized carbons (Fsp3) is 0.182. The number of rotatable bonds is 3. The van der Waals surface area contributed by atoms with Crippen molar-refractivity contribution < 1.29 is 14.3 Å². The second kappa shape index (κ2) is 5.16. The number of hydrogen-bond acceptors (Lipinski definition) is 4. The molecule has 1 N–H and O–H groups in total. The summed E-state index contributed by atoms with van der Waals surface area (Å²) in [5, 5.41) is 16.4. The number of carbonyl (C=O) groups excluding carboxylic acids is 1. The van der Waals surface area contributed by atoms with E-state index in [1.165, 1.54) is 38.1 Å². The summed E-state index contributed by atoms with van der Waals surface area (Å²) in [5.41, 5.74) is 0.143. The van der Waals surface area contributed by atoms with Crippen LogP contribution in [0.5, 0.6) is 0 Å². The van der Waals surface area contributed by atoms with Crippen molar-refractivity contribution >= 4 is 11.5 Å². The fourth-order valence-electron chi connectivity index (χ4n) is 1.04. The Balaban J connectivity index is 2.96. The smallest absolute Gasteiger partial charge is 0.183 e. The van der Waals surface area contributed by atoms with Crippen LogP contribution in [0, 0.1) is 5.82 Å². The van der Waals surface area contributed by atoms with Crippen molar-refractivity contribution in [3.63, 3.8) is 0 Å². The molecule has 0 amide bonds. The Morgan fingerprint density at radius 3 is 2.56 bits per heavy atom. The molecular weight excluding hydrogens is 211 g/mol. The standard InChI is InChI=1S/C11H11FN2O2/c1-7(15)11(8(2)16)14-13-10-5-3-4-9(12)6-10/h3-6,15H,1-2H3/b11-7+,14-13?. The minimum atomic E-state index is -0.439. The molecule has 4 nitrogen and oxygen atoms in total. The molecule has 16 heavy (non-hydrogen) atoms. The van der Waals surface area contributed by atoms with Crippen LogP contribution in [0.25, 0.3) is 0 Å². The van der Waals surface area contributed by atoms with Crippen molar-refractivity contribution in [1.29, 1.82) is 0 Å². The Bertz CT molecular complexity index is 463. The number of benzene rings is 1. The lowest BCUT2D eigenvalue weighted by molar-refractivity contribution is -0.113. The van der Waals surface area contributed by atoms with Gasteiger partial charge in [-0.3, -0.25) is 4.79 Å². The van der Waals surface area contributed by atoms with E-state index in [-0.39, 0.29) is 17.1 Å². The number of hydrogen-bond donors (Lipinski definition) is 1. The first kappa shape index (κ1) is 12.0. The predicted octanol–water partition coefficient (Wildman–Crippen LogP) is 3.29. The number of halogens is 1. The summed E-state index contributed by atoms with van der Waals surface area (Å²) in [5.74, 6) is -1.06. The highest BCUT2D eigenvalue weighted by molar-refractivity contribution is 5.93. The first-order chi connectivity index (χ1) is 7.50. The van der Waals surface area contributed by atoms with E-state index in [4.69, 9.17) is 5.11 Å². The quantitative estimate of drug-likeness (QED) is 0.484. The Labute approximate surface area is 92.1 Å². The van der Waals surface area contributed by atoms with Gasteiger partial charge in [0.2, 0.25) is 0 Å². The zero-order valence-corrected chi connectivity index (χ0v) is 8.94. The molecule has 0 atom stereocenters. The van der Waals surface area contributed by atoms with Crippen LogP contribution in [0.2, 0.25) is 0 Å². The topological polar surface area (TPSA) is 62.0 Å². The highest BCUT2D eigenvalue weighted by Crippen LogP contribution is 2.16. The van der Waals surface area contributed by atoms with Gasteiger partial charge in [-0.25, -0.2) is 4.39 Å². The van der Waals surface area contributed by atoms with Crippen LogP contribution in [0.15, 0.2) is 46.0 Å². The van der Waals surface area contributed by atoms with Crippen LogP contribution in [-0.4, -0.2) is 10.9 Å². The monoisotopic (exact) mass is 222 g/mol. The molecule has 0 unspecified atom stereocenters. The van der Waals surface area contributed by atoms with Gasteiger partial charge in [-0.1, -0.05) is 6.07 Å². The van der Waals surface area contributed by atoms with E-state index in [0.717, 1.165) is 0 Å². The SMILES string of the molecule is CC(=O)/C(N=Nc1cccc(F)c1)=C(/C)O. The molecule has 1 aromatic carbocycles. The minimum absolute atomic E-state index is 0.135. The van der Waals surface area contributed by atoms with E-state index in [1.54, 1.807) is 0 Å². The molecule has 0 aliphatic rings. The van der Waals surface area contributed by atoms with E-state index in [2.05, 4.69) is 10.2 Å². The second-order valence-electron chi connectivity index (χ2n) is 3.17. The van der Waals surface area contributed by atoms with Gasteiger partial charge in [0.25, 0.3) is 0 Å². The molecule has 0 aliphatic heterocycles. The van der Waals surface area contributed by atoms with Gasteiger partial charge in [0.15, 0.2) is 11.5 Å². The number of carbonyl (C=O) groups is 1. The van der Waals surface area contributed by atoms with Gasteiger partial charge in [-0.2, -0.15) is 5.11 Å². The average Bonchev–Trinajstić information content (AvgIpc) is 2.16. The molecular formula is C11H11FN2O2. The Hall–Kier alpha value is -2.04. The van der Waals surface area contributed by atoms with Crippen LogP contribution in [0.1, 0.15) is 13.8 Å². The van der Waals surface area contributed by atoms with Crippen LogP contribution in [0.4, 0.5) is 10.1 Å². The molecule has 84 valence electrons. The lowest BCUT2D eigenvalue weighted by Gasteiger charge is -1.96. The summed E-state index contributed by atoms with van der Waals surface area (Å²) in [6, 6.07) is 5.47. The molecule has 1 aromatic rings. The molecule has 0 aliphatic carbocycles. The molecule has 0 saturated heterocycles. The summed E-state index contributed by atoms with van der Waals surface area (Å²) in [6.07, 6.45) is 0. The average molecular weight is 222 g/mol. The second-order valence-corrected chi connectivity index (χ2v) is 3.17. The van der Waals surface area contributed by atoms with Crippen LogP contribution in [-0.2, 0) is 4.79 Å². The molecule has 0 saturated carbocycles. The largest absolute Gasteiger partial charge is 0.510 e. The summed E-state index contributed by atoms with van der Waals surface area (Å²) in [4.78, 5) is 11.0. The third-order valence-corrected chi connectivity index (χ3v) is 1.75. The maximum absolute atomic E-state index is 12.8. The third kappa shape index (κ3) is 3.27. The van der Waals surface area contributed by atoms with E-state index in [1.807, 2.05) is 0 Å². The number of aliphatic hydroxyl groups is 1. The van der Waals surface area contributed by atoms with Gasteiger partial charge in [-0.05, 0) is 19.1 Å². The van der Waals surface area contributed by atoms with Gasteiger partial charge < -0.3 is 5.11 Å². The number of aliphatic hydroxyl groups excluding tert-OH is 1. The molecule has 5 heteroatoms. The van der Waals surface area contributed by atoms with Crippen LogP contribution < -0.4 is 0 Å². The summed E-state index contributed by atoms with van der Waals surface area (Å²) < 4.78 is 12.8. The molecule has 0 heterocycles. The van der Waals surface area contributed by atoms with Gasteiger partial charge in [0.1, 0.15) is 11.6 Å². The molecule has 0 fully saturated rings. The van der Waals surface area contributed by atoms with Crippen molar-refractivity contribution in [2.24, 2.45) is 10.2 Å². The molecule has 0 spiro atoms. The van der Waals surface area contributed by atoms with Gasteiger partial charge in [0, 0.05) is 13.0 Å². The third-order valence-electron chi connectivity index (χ3n) is 1.75. The van der Waals surface area contributed by atoms with Crippen molar-refractivity contribution in [2.75, 3.05) is 0 Å². The molecule has 0 radical (unpaired) electrons. The van der Waals surface area contributed by atoms with E-state index in [0.29, 0.717) is 0 Å². The normalized spacial score (nSPS) is 12.7. The first-order valence-corrected chi connectivity index (χ1v) is 4.59. The number of nitrogens with zero attached hydrogens (tertiary/aromatic N) is 2. The van der Waals surface area contributed by atoms with Crippen LogP contribution >= 0.6 is 0 Å². The van der Waals surface area contributed by atoms with Crippen molar-refractivity contribution in [3.05, 3.63) is 41.5 Å². The highest BCUT2D eigenvalue weighted by Gasteiger charge is 2.06. The fourth-order valence-corrected chi connectivity index (χ4v) is 1.04. The summed E-state index contributed by atoms with van der Waals surface area (Å²) in [6.45, 7) is 2.60. The Kier molecular flexibility index (Phi) is 3.88. The van der Waals surface area contributed by atoms with Crippen molar-refractivity contribution in [3.8, 4) is 0 Å². The first-order valence-electron chi connectivity index (χ1n) is 4.59. The number of azo groups is 1. The zero-order valence-electron chi connectivity index (χ0n) is 8.94. The van der Waals surface area contributed by atoms with Crippen molar-refractivity contribution in [1.82, 2.24) is 0 Å². The van der Waals surface area contributed by atoms with Gasteiger partial charge in [0.05, 0.1) is 5.69 Å². The zero-order chi connectivity index (χ0) is 12.1. The number of Topliss-reactive ketones (excluding diaryl/α,β-unsaturated/α-hetero) is 1. The minimum Gasteiger partial charge on any atom is -0.510 e. The highest BCUT2D eigenvalue weighted by atomic mass is 19.1. The lowest BCUT2D eigenvalue weighted by Crippen LogP contribution is -1.96. The van der Waals surface area contributed by atoms with Gasteiger partial charge in [-0.15, -0.1) is 5.11 Å². The van der Waals surface area contributed by atoms with Crippen LogP contribution in [0.3, 0.4) is 0 Å². The van der Waals surface area contributed by atoms with E-state index < -0.39 is 11.6 Å². The predicted molar refractivity (Wildman–Crippen MR) is 56.9 cm³/mol. The van der Waals surface area contributed by atoms with E-state index in [9.17, 15) is 9.18 Å². The molecule has 0 bridgehead atoms. The maximum atomic E-state index is 12.8. The summed E-state index contributed by atoms with van der Waals surface area (Å²) >= 11 is 0. The summed E-state index contributed by atoms with van der Waals surface area (Å²) in [7, 11) is 0. The Morgan fingerprint density at radius 2 is 2.06 bits per heavy atom. The van der Waals surface area contributed by atoms with Crippen molar-refractivity contribution in [2.45, 2.75) is 13.8 Å². The maximum Gasteiger partial charge on any atom is 0.183 e. The van der Waals surface area contributed by atoms with E-state index >= 15 is 0 Å². The Morgan fingerprint density at radius 1 is 1.38 bits per heavy atom. The number of ketones is 1. The number of allylic oxidation sites excluding steroid dienone is 2.